The van der Waals surface area contributed by atoms with Crippen LogP contribution in [-0.2, 0) is 6.54 Å². The normalized spacial score (nSPS) is 11.4. The smallest absolute Gasteiger partial charge is 0.249 e. The number of furan rings is 1. The maximum Gasteiger partial charge on any atom is 0.249 e. The van der Waals surface area contributed by atoms with Gasteiger partial charge in [-0.05, 0) is 48.5 Å². The summed E-state index contributed by atoms with van der Waals surface area (Å²) in [6, 6.07) is 17.9. The summed E-state index contributed by atoms with van der Waals surface area (Å²) in [5.41, 5.74) is 8.50. The number of primary amides is 1. The highest BCUT2D eigenvalue weighted by atomic mass is 19.1. The molecule has 5 rings (SSSR count). The second-order valence-electron chi connectivity index (χ2n) is 7.10. The first kappa shape index (κ1) is 18.1. The molecule has 0 aliphatic heterocycles. The van der Waals surface area contributed by atoms with Crippen LogP contribution < -0.4 is 5.73 Å². The molecular formula is C24H16F2N2O2. The summed E-state index contributed by atoms with van der Waals surface area (Å²) in [6.07, 6.45) is 1.59. The Morgan fingerprint density at radius 3 is 2.60 bits per heavy atom. The van der Waals surface area contributed by atoms with Crippen molar-refractivity contribution < 1.29 is 18.0 Å². The molecule has 0 saturated heterocycles. The molecule has 0 radical (unpaired) electrons. The van der Waals surface area contributed by atoms with E-state index in [1.807, 2.05) is 34.9 Å². The monoisotopic (exact) mass is 402 g/mol. The van der Waals surface area contributed by atoms with Crippen LogP contribution in [0.1, 0.15) is 15.9 Å². The maximum atomic E-state index is 14.4. The number of carbonyl (C=O) groups excluding carboxylic acids is 1. The van der Waals surface area contributed by atoms with Crippen LogP contribution in [0.4, 0.5) is 8.78 Å². The summed E-state index contributed by atoms with van der Waals surface area (Å²) in [5, 5.41) is 1.48. The molecule has 148 valence electrons. The van der Waals surface area contributed by atoms with E-state index in [0.717, 1.165) is 28.6 Å². The second kappa shape index (κ2) is 6.84. The fourth-order valence-electron chi connectivity index (χ4n) is 3.95. The van der Waals surface area contributed by atoms with Crippen LogP contribution in [0.3, 0.4) is 0 Å². The van der Waals surface area contributed by atoms with Crippen LogP contribution in [0.2, 0.25) is 0 Å². The Morgan fingerprint density at radius 2 is 1.83 bits per heavy atom. The summed E-state index contributed by atoms with van der Waals surface area (Å²) < 4.78 is 35.5. The van der Waals surface area contributed by atoms with Crippen molar-refractivity contribution in [2.24, 2.45) is 5.73 Å². The van der Waals surface area contributed by atoms with Crippen LogP contribution in [-0.4, -0.2) is 10.5 Å². The molecule has 5 aromatic rings. The van der Waals surface area contributed by atoms with Crippen molar-refractivity contribution in [3.05, 3.63) is 95.8 Å². The molecule has 0 saturated carbocycles. The average molecular weight is 402 g/mol. The van der Waals surface area contributed by atoms with Crippen molar-refractivity contribution in [2.45, 2.75) is 6.54 Å². The molecule has 0 unspecified atom stereocenters. The number of hydrogen-bond acceptors (Lipinski definition) is 2. The number of aromatic nitrogens is 1. The molecule has 0 bridgehead atoms. The number of nitrogens with zero attached hydrogens (tertiary/aromatic N) is 1. The van der Waals surface area contributed by atoms with E-state index in [2.05, 4.69) is 0 Å². The highest BCUT2D eigenvalue weighted by Gasteiger charge is 2.18. The van der Waals surface area contributed by atoms with Gasteiger partial charge in [0.1, 0.15) is 17.4 Å². The van der Waals surface area contributed by atoms with Crippen molar-refractivity contribution >= 4 is 27.7 Å². The minimum atomic E-state index is -0.549. The molecule has 3 aromatic carbocycles. The Labute approximate surface area is 170 Å². The van der Waals surface area contributed by atoms with Gasteiger partial charge in [-0.2, -0.15) is 0 Å². The van der Waals surface area contributed by atoms with Gasteiger partial charge in [-0.3, -0.25) is 4.79 Å². The first-order valence-electron chi connectivity index (χ1n) is 9.35. The summed E-state index contributed by atoms with van der Waals surface area (Å²) in [7, 11) is 0. The lowest BCUT2D eigenvalue weighted by atomic mass is 10.0. The third-order valence-electron chi connectivity index (χ3n) is 5.30. The van der Waals surface area contributed by atoms with Gasteiger partial charge in [-0.15, -0.1) is 0 Å². The van der Waals surface area contributed by atoms with Gasteiger partial charge in [-0.1, -0.05) is 18.2 Å². The van der Waals surface area contributed by atoms with Gasteiger partial charge in [0, 0.05) is 27.5 Å². The number of nitrogens with two attached hydrogens (primary N) is 1. The van der Waals surface area contributed by atoms with Gasteiger partial charge in [0.15, 0.2) is 0 Å². The Bertz CT molecular complexity index is 1420. The molecular weight excluding hydrogens is 386 g/mol. The first-order valence-corrected chi connectivity index (χ1v) is 9.35. The third kappa shape index (κ3) is 2.85. The fraction of sp³-hybridized carbons (Fsp3) is 0.0417. The van der Waals surface area contributed by atoms with E-state index in [-0.39, 0.29) is 12.1 Å². The Balaban J connectivity index is 1.83. The largest absolute Gasteiger partial charge is 0.464 e. The van der Waals surface area contributed by atoms with Crippen molar-refractivity contribution in [3.8, 4) is 11.3 Å². The molecule has 4 nitrogen and oxygen atoms in total. The predicted octanol–water partition coefficient (Wildman–Crippen LogP) is 5.48. The highest BCUT2D eigenvalue weighted by molar-refractivity contribution is 6.18. The van der Waals surface area contributed by atoms with E-state index in [1.54, 1.807) is 24.5 Å². The Kier molecular flexibility index (Phi) is 4.13. The summed E-state index contributed by atoms with van der Waals surface area (Å²) in [4.78, 5) is 12.1. The summed E-state index contributed by atoms with van der Waals surface area (Å²) in [6.45, 7) is 0.0907. The second-order valence-corrected chi connectivity index (χ2v) is 7.10. The standard InChI is InChI=1S/C24H16F2N2O2/c25-16-7-9-19(26)15(11-16)13-28-20-4-1-3-18(24(27)29)23(20)17-8-6-14(12-21(17)28)22-5-2-10-30-22/h1-12H,13H2,(H2,27,29). The van der Waals surface area contributed by atoms with Gasteiger partial charge in [0.25, 0.3) is 0 Å². The van der Waals surface area contributed by atoms with Crippen LogP contribution >= 0.6 is 0 Å². The van der Waals surface area contributed by atoms with Crippen molar-refractivity contribution in [2.75, 3.05) is 0 Å². The lowest BCUT2D eigenvalue weighted by Crippen LogP contribution is -2.11. The van der Waals surface area contributed by atoms with Gasteiger partial charge in [0.2, 0.25) is 5.91 Å². The van der Waals surface area contributed by atoms with Gasteiger partial charge < -0.3 is 14.7 Å². The molecule has 0 atom stereocenters. The van der Waals surface area contributed by atoms with Gasteiger partial charge in [-0.25, -0.2) is 8.78 Å². The number of benzene rings is 3. The predicted molar refractivity (Wildman–Crippen MR) is 111 cm³/mol. The average Bonchev–Trinajstić information content (AvgIpc) is 3.37. The zero-order valence-electron chi connectivity index (χ0n) is 15.7. The number of fused-ring (bicyclic) bond motifs is 3. The third-order valence-corrected chi connectivity index (χ3v) is 5.30. The van der Waals surface area contributed by atoms with Crippen molar-refractivity contribution in [3.63, 3.8) is 0 Å². The lowest BCUT2D eigenvalue weighted by Gasteiger charge is -2.10. The molecule has 0 aliphatic rings. The van der Waals surface area contributed by atoms with Gasteiger partial charge >= 0.3 is 0 Å². The molecule has 2 heterocycles. The lowest BCUT2D eigenvalue weighted by molar-refractivity contribution is 0.100. The minimum Gasteiger partial charge on any atom is -0.464 e. The quantitative estimate of drug-likeness (QED) is 0.433. The van der Waals surface area contributed by atoms with E-state index in [9.17, 15) is 13.6 Å². The topological polar surface area (TPSA) is 61.2 Å². The minimum absolute atomic E-state index is 0.0907. The van der Waals surface area contributed by atoms with Crippen LogP contribution in [0, 0.1) is 11.6 Å². The van der Waals surface area contributed by atoms with Crippen LogP contribution in [0.25, 0.3) is 33.1 Å². The van der Waals surface area contributed by atoms with Crippen LogP contribution in [0.15, 0.2) is 77.4 Å². The highest BCUT2D eigenvalue weighted by Crippen LogP contribution is 2.35. The zero-order chi connectivity index (χ0) is 20.8. The number of halogens is 2. The molecule has 1 amide bonds. The molecule has 0 aliphatic carbocycles. The van der Waals surface area contributed by atoms with E-state index in [4.69, 9.17) is 10.2 Å². The Hall–Kier alpha value is -3.93. The first-order chi connectivity index (χ1) is 14.5. The SMILES string of the molecule is NC(=O)c1cccc2c1c1ccc(-c3ccco3)cc1n2Cc1cc(F)ccc1F. The van der Waals surface area contributed by atoms with Crippen molar-refractivity contribution in [1.82, 2.24) is 4.57 Å². The van der Waals surface area contributed by atoms with E-state index in [0.29, 0.717) is 22.2 Å². The summed E-state index contributed by atoms with van der Waals surface area (Å²) >= 11 is 0. The van der Waals surface area contributed by atoms with E-state index >= 15 is 0 Å². The maximum absolute atomic E-state index is 14.4. The van der Waals surface area contributed by atoms with Gasteiger partial charge in [0.05, 0.1) is 23.8 Å². The molecule has 2 aromatic heterocycles. The number of amides is 1. The molecule has 6 heteroatoms. The van der Waals surface area contributed by atoms with E-state index < -0.39 is 17.5 Å². The van der Waals surface area contributed by atoms with Crippen LogP contribution in [0.5, 0.6) is 0 Å². The molecule has 0 fully saturated rings. The molecule has 30 heavy (non-hydrogen) atoms. The molecule has 0 spiro atoms. The number of rotatable bonds is 4. The van der Waals surface area contributed by atoms with Crippen molar-refractivity contribution in [1.29, 1.82) is 0 Å². The fourth-order valence-corrected chi connectivity index (χ4v) is 3.95. The Morgan fingerprint density at radius 1 is 0.967 bits per heavy atom. The zero-order valence-corrected chi connectivity index (χ0v) is 15.7. The summed E-state index contributed by atoms with van der Waals surface area (Å²) in [5.74, 6) is -0.881. The molecule has 2 N–H and O–H groups in total. The number of hydrogen-bond donors (Lipinski definition) is 1. The number of carbonyl (C=O) groups is 1. The van der Waals surface area contributed by atoms with E-state index in [1.165, 1.54) is 6.07 Å².